The number of nitrogens with zero attached hydrogens (tertiary/aromatic N) is 1. The predicted octanol–water partition coefficient (Wildman–Crippen LogP) is 2.58. The van der Waals surface area contributed by atoms with Crippen LogP contribution in [-0.2, 0) is 21.4 Å². The van der Waals surface area contributed by atoms with Crippen molar-refractivity contribution in [1.29, 1.82) is 0 Å². The molecule has 0 aliphatic carbocycles. The Morgan fingerprint density at radius 1 is 1.11 bits per heavy atom. The highest BCUT2D eigenvalue weighted by atomic mass is 32.2. The van der Waals surface area contributed by atoms with Crippen LogP contribution in [0.3, 0.4) is 0 Å². The van der Waals surface area contributed by atoms with Gasteiger partial charge in [-0.25, -0.2) is 31.5 Å². The van der Waals surface area contributed by atoms with Gasteiger partial charge in [0.1, 0.15) is 4.90 Å². The van der Waals surface area contributed by atoms with Crippen LogP contribution in [0.2, 0.25) is 0 Å². The first kappa shape index (κ1) is 21.5. The van der Waals surface area contributed by atoms with E-state index < -0.39 is 44.1 Å². The van der Waals surface area contributed by atoms with Crippen LogP contribution in [0.15, 0.2) is 41.3 Å². The first-order valence-corrected chi connectivity index (χ1v) is 9.02. The largest absolute Gasteiger partial charge is 0.288 e. The smallest absolute Gasteiger partial charge is 0.267 e. The molecule has 0 aliphatic rings. The number of halogens is 4. The molecule has 2 aromatic carbocycles. The van der Waals surface area contributed by atoms with Crippen LogP contribution >= 0.6 is 0 Å². The van der Waals surface area contributed by atoms with Crippen molar-refractivity contribution >= 4 is 22.0 Å². The van der Waals surface area contributed by atoms with Crippen LogP contribution in [0.1, 0.15) is 11.1 Å². The zero-order valence-corrected chi connectivity index (χ0v) is 15.1. The van der Waals surface area contributed by atoms with Gasteiger partial charge in [-0.3, -0.25) is 10.0 Å². The number of carbonyl (C=O) groups is 1. The van der Waals surface area contributed by atoms with E-state index in [1.165, 1.54) is 35.8 Å². The fourth-order valence-corrected chi connectivity index (χ4v) is 3.42. The summed E-state index contributed by atoms with van der Waals surface area (Å²) in [5.74, 6) is -8.88. The van der Waals surface area contributed by atoms with Crippen molar-refractivity contribution in [3.63, 3.8) is 0 Å². The lowest BCUT2D eigenvalue weighted by atomic mass is 10.1. The minimum Gasteiger partial charge on any atom is -0.288 e. The molecule has 150 valence electrons. The summed E-state index contributed by atoms with van der Waals surface area (Å²) in [6, 6.07) is 6.17. The first-order valence-electron chi connectivity index (χ1n) is 7.58. The minimum atomic E-state index is -4.65. The van der Waals surface area contributed by atoms with Crippen molar-refractivity contribution < 1.29 is 36.0 Å². The van der Waals surface area contributed by atoms with Gasteiger partial charge in [0, 0.05) is 25.7 Å². The number of hydrogen-bond acceptors (Lipinski definition) is 4. The normalized spacial score (nSPS) is 12.0. The summed E-state index contributed by atoms with van der Waals surface area (Å²) in [5, 5.41) is 8.39. The van der Waals surface area contributed by atoms with Crippen LogP contribution in [0, 0.1) is 23.3 Å². The monoisotopic (exact) mass is 418 g/mol. The molecule has 0 bridgehead atoms. The van der Waals surface area contributed by atoms with E-state index in [0.717, 1.165) is 13.1 Å². The maximum absolute atomic E-state index is 13.8. The van der Waals surface area contributed by atoms with E-state index in [9.17, 15) is 30.8 Å². The summed E-state index contributed by atoms with van der Waals surface area (Å²) >= 11 is 0. The molecular weight excluding hydrogens is 404 g/mol. The molecule has 2 aromatic rings. The molecule has 2 rings (SSSR count). The van der Waals surface area contributed by atoms with Gasteiger partial charge < -0.3 is 0 Å². The third-order valence-corrected chi connectivity index (χ3v) is 5.48. The lowest BCUT2D eigenvalue weighted by Gasteiger charge is -2.18. The predicted molar refractivity (Wildman–Crippen MR) is 90.3 cm³/mol. The van der Waals surface area contributed by atoms with Gasteiger partial charge in [0.2, 0.25) is 10.0 Å². The quantitative estimate of drug-likeness (QED) is 0.189. The Morgan fingerprint density at radius 3 is 2.29 bits per heavy atom. The Hall–Kier alpha value is -2.76. The SMILES string of the molecule is CN(Cc1ccc(/C=C/C(=O)NO)cc1)S(=O)(=O)c1cc(F)c(F)c(F)c1F. The number of sulfonamides is 1. The van der Waals surface area contributed by atoms with Crippen LogP contribution in [0.5, 0.6) is 0 Å². The Balaban J connectivity index is 2.24. The maximum Gasteiger partial charge on any atom is 0.267 e. The van der Waals surface area contributed by atoms with Gasteiger partial charge in [0.25, 0.3) is 5.91 Å². The number of nitrogens with one attached hydrogen (secondary N) is 1. The van der Waals surface area contributed by atoms with Gasteiger partial charge >= 0.3 is 0 Å². The molecule has 0 saturated carbocycles. The minimum absolute atomic E-state index is 0.0830. The second kappa shape index (κ2) is 8.50. The summed E-state index contributed by atoms with van der Waals surface area (Å²) in [6.45, 7) is -0.274. The zero-order chi connectivity index (χ0) is 21.1. The van der Waals surface area contributed by atoms with E-state index in [1.54, 1.807) is 0 Å². The molecule has 0 fully saturated rings. The molecule has 6 nitrogen and oxygen atoms in total. The Bertz CT molecular complexity index is 1020. The van der Waals surface area contributed by atoms with Crippen molar-refractivity contribution in [3.8, 4) is 0 Å². The zero-order valence-electron chi connectivity index (χ0n) is 14.3. The molecule has 0 atom stereocenters. The molecule has 0 saturated heterocycles. The highest BCUT2D eigenvalue weighted by Crippen LogP contribution is 2.25. The molecule has 1 amide bonds. The highest BCUT2D eigenvalue weighted by Gasteiger charge is 2.30. The van der Waals surface area contributed by atoms with Crippen molar-refractivity contribution in [1.82, 2.24) is 9.79 Å². The summed E-state index contributed by atoms with van der Waals surface area (Å²) in [4.78, 5) is 9.59. The molecule has 0 spiro atoms. The van der Waals surface area contributed by atoms with Crippen LogP contribution in [0.4, 0.5) is 17.6 Å². The van der Waals surface area contributed by atoms with Crippen molar-refractivity contribution in [3.05, 3.63) is 70.8 Å². The topological polar surface area (TPSA) is 86.7 Å². The number of carbonyl (C=O) groups excluding carboxylic acids is 1. The standard InChI is InChI=1S/C17H14F4N2O4S/c1-23(9-11-4-2-10(3-5-11)6-7-14(24)22-25)28(26,27)13-8-12(18)15(19)17(21)16(13)20/h2-8,25H,9H2,1H3,(H,22,24)/b7-6+. The third-order valence-electron chi connectivity index (χ3n) is 3.68. The Kier molecular flexibility index (Phi) is 6.54. The molecule has 0 aliphatic heterocycles. The molecule has 11 heteroatoms. The van der Waals surface area contributed by atoms with E-state index >= 15 is 0 Å². The summed E-state index contributed by atoms with van der Waals surface area (Å²) in [6.07, 6.45) is 2.45. The lowest BCUT2D eigenvalue weighted by Crippen LogP contribution is -2.28. The average molecular weight is 418 g/mol. The lowest BCUT2D eigenvalue weighted by molar-refractivity contribution is -0.124. The first-order chi connectivity index (χ1) is 13.1. The van der Waals surface area contributed by atoms with E-state index in [4.69, 9.17) is 5.21 Å². The fraction of sp³-hybridized carbons (Fsp3) is 0.118. The van der Waals surface area contributed by atoms with Crippen LogP contribution in [-0.4, -0.2) is 30.9 Å². The second-order valence-electron chi connectivity index (χ2n) is 5.61. The number of benzene rings is 2. The molecule has 0 unspecified atom stereocenters. The van der Waals surface area contributed by atoms with Gasteiger partial charge in [0.05, 0.1) is 0 Å². The van der Waals surface area contributed by atoms with Gasteiger partial charge in [-0.15, -0.1) is 0 Å². The van der Waals surface area contributed by atoms with Crippen LogP contribution < -0.4 is 5.48 Å². The Morgan fingerprint density at radius 2 is 1.71 bits per heavy atom. The fourth-order valence-electron chi connectivity index (χ4n) is 2.19. The Labute approximate surface area is 157 Å². The maximum atomic E-state index is 13.8. The van der Waals surface area contributed by atoms with Crippen molar-refractivity contribution in [2.75, 3.05) is 7.05 Å². The third kappa shape index (κ3) is 4.55. The van der Waals surface area contributed by atoms with E-state index in [0.29, 0.717) is 15.4 Å². The van der Waals surface area contributed by atoms with Gasteiger partial charge in [-0.2, -0.15) is 4.31 Å². The molecular formula is C17H14F4N2O4S. The van der Waals surface area contributed by atoms with Crippen molar-refractivity contribution in [2.24, 2.45) is 0 Å². The number of amides is 1. The van der Waals surface area contributed by atoms with Gasteiger partial charge in [0.15, 0.2) is 23.3 Å². The van der Waals surface area contributed by atoms with E-state index in [2.05, 4.69) is 0 Å². The summed E-state index contributed by atoms with van der Waals surface area (Å²) in [7, 11) is -3.58. The number of hydroxylamine groups is 1. The van der Waals surface area contributed by atoms with E-state index in [-0.39, 0.29) is 12.6 Å². The highest BCUT2D eigenvalue weighted by molar-refractivity contribution is 7.89. The van der Waals surface area contributed by atoms with E-state index in [1.807, 2.05) is 0 Å². The van der Waals surface area contributed by atoms with Gasteiger partial charge in [-0.1, -0.05) is 24.3 Å². The number of rotatable bonds is 6. The molecule has 28 heavy (non-hydrogen) atoms. The molecule has 0 heterocycles. The van der Waals surface area contributed by atoms with Gasteiger partial charge in [-0.05, 0) is 17.2 Å². The average Bonchev–Trinajstić information content (AvgIpc) is 2.67. The summed E-state index contributed by atoms with van der Waals surface area (Å²) < 4.78 is 79.0. The molecule has 2 N–H and O–H groups in total. The molecule has 0 aromatic heterocycles. The number of hydrogen-bond donors (Lipinski definition) is 2. The van der Waals surface area contributed by atoms with Crippen LogP contribution in [0.25, 0.3) is 6.08 Å². The molecule has 0 radical (unpaired) electrons. The second-order valence-corrected chi connectivity index (χ2v) is 7.62. The summed E-state index contributed by atoms with van der Waals surface area (Å²) in [5.41, 5.74) is 2.42. The van der Waals surface area contributed by atoms with Crippen molar-refractivity contribution in [2.45, 2.75) is 11.4 Å².